The average Bonchev–Trinajstić information content (AvgIpc) is 3.07. The highest BCUT2D eigenvalue weighted by molar-refractivity contribution is 6.30. The Bertz CT molecular complexity index is 906. The molecule has 2 N–H and O–H groups in total. The lowest BCUT2D eigenvalue weighted by Crippen LogP contribution is -2.30. The fourth-order valence-electron chi connectivity index (χ4n) is 2.24. The van der Waals surface area contributed by atoms with Crippen molar-refractivity contribution in [2.24, 2.45) is 0 Å². The first-order valence-corrected chi connectivity index (χ1v) is 7.81. The van der Waals surface area contributed by atoms with Gasteiger partial charge in [0.05, 0.1) is 11.3 Å². The molecule has 134 valence electrons. The van der Waals surface area contributed by atoms with Crippen LogP contribution in [0.3, 0.4) is 0 Å². The Morgan fingerprint density at radius 3 is 2.27 bits per heavy atom. The van der Waals surface area contributed by atoms with Crippen molar-refractivity contribution in [3.8, 4) is 11.3 Å². The fraction of sp³-hybridized carbons (Fsp3) is 0.0556. The van der Waals surface area contributed by atoms with Gasteiger partial charge in [0.15, 0.2) is 0 Å². The highest BCUT2D eigenvalue weighted by Gasteiger charge is 2.40. The van der Waals surface area contributed by atoms with Crippen LogP contribution in [0.4, 0.5) is 18.9 Å². The first-order chi connectivity index (χ1) is 12.3. The van der Waals surface area contributed by atoms with Crippen LogP contribution in [0.1, 0.15) is 16.1 Å². The predicted molar refractivity (Wildman–Crippen MR) is 91.7 cm³/mol. The van der Waals surface area contributed by atoms with Crippen LogP contribution in [-0.2, 0) is 6.18 Å². The van der Waals surface area contributed by atoms with E-state index < -0.39 is 23.4 Å². The molecule has 0 atom stereocenters. The van der Waals surface area contributed by atoms with Gasteiger partial charge in [-0.15, -0.1) is 0 Å². The second kappa shape index (κ2) is 7.13. The van der Waals surface area contributed by atoms with Crippen LogP contribution in [-0.4, -0.2) is 5.91 Å². The van der Waals surface area contributed by atoms with Crippen molar-refractivity contribution < 1.29 is 22.4 Å². The maximum Gasteiger partial charge on any atom is 0.450 e. The molecule has 0 unspecified atom stereocenters. The van der Waals surface area contributed by atoms with Crippen LogP contribution in [0, 0.1) is 0 Å². The zero-order valence-corrected chi connectivity index (χ0v) is 13.9. The summed E-state index contributed by atoms with van der Waals surface area (Å²) in [6.45, 7) is 0. The first-order valence-electron chi connectivity index (χ1n) is 7.43. The Morgan fingerprint density at radius 2 is 1.65 bits per heavy atom. The van der Waals surface area contributed by atoms with Gasteiger partial charge < -0.3 is 4.42 Å². The van der Waals surface area contributed by atoms with Crippen LogP contribution >= 0.6 is 11.6 Å². The first kappa shape index (κ1) is 17.9. The number of carbonyl (C=O) groups is 1. The number of rotatable bonds is 4. The van der Waals surface area contributed by atoms with E-state index in [-0.39, 0.29) is 5.76 Å². The number of carbonyl (C=O) groups excluding carboxylic acids is 1. The van der Waals surface area contributed by atoms with Gasteiger partial charge in [0, 0.05) is 10.6 Å². The molecule has 8 heteroatoms. The van der Waals surface area contributed by atoms with Crippen molar-refractivity contribution in [2.45, 2.75) is 6.18 Å². The van der Waals surface area contributed by atoms with Gasteiger partial charge in [0.2, 0.25) is 5.76 Å². The molecule has 3 aromatic rings. The van der Waals surface area contributed by atoms with Crippen LogP contribution in [0.5, 0.6) is 0 Å². The lowest BCUT2D eigenvalue weighted by atomic mass is 10.1. The number of hydrogen-bond acceptors (Lipinski definition) is 3. The third-order valence-corrected chi connectivity index (χ3v) is 3.71. The number of benzene rings is 2. The van der Waals surface area contributed by atoms with Gasteiger partial charge in [-0.05, 0) is 42.5 Å². The van der Waals surface area contributed by atoms with E-state index >= 15 is 0 Å². The van der Waals surface area contributed by atoms with E-state index in [9.17, 15) is 18.0 Å². The predicted octanol–water partition coefficient (Wildman–Crippen LogP) is 5.38. The summed E-state index contributed by atoms with van der Waals surface area (Å²) in [6, 6.07) is 15.6. The lowest BCUT2D eigenvalue weighted by Gasteiger charge is -2.09. The number of nitrogens with one attached hydrogen (secondary N) is 2. The Balaban J connectivity index is 1.89. The Hall–Kier alpha value is -2.93. The molecule has 0 aliphatic rings. The van der Waals surface area contributed by atoms with E-state index in [1.54, 1.807) is 30.3 Å². The summed E-state index contributed by atoms with van der Waals surface area (Å²) in [7, 11) is 0. The molecule has 0 spiro atoms. The van der Waals surface area contributed by atoms with Gasteiger partial charge in [-0.3, -0.25) is 15.6 Å². The van der Waals surface area contributed by atoms with Crippen LogP contribution in [0.25, 0.3) is 11.3 Å². The molecule has 0 aliphatic heterocycles. The highest BCUT2D eigenvalue weighted by atomic mass is 35.5. The minimum Gasteiger partial charge on any atom is -0.451 e. The van der Waals surface area contributed by atoms with Crippen molar-refractivity contribution in [1.29, 1.82) is 0 Å². The van der Waals surface area contributed by atoms with Crippen LogP contribution < -0.4 is 10.9 Å². The maximum atomic E-state index is 13.2. The normalized spacial score (nSPS) is 11.2. The average molecular weight is 381 g/mol. The molecule has 0 fully saturated rings. The second-order valence-corrected chi connectivity index (χ2v) is 5.74. The van der Waals surface area contributed by atoms with Crippen molar-refractivity contribution in [1.82, 2.24) is 5.43 Å². The van der Waals surface area contributed by atoms with Gasteiger partial charge >= 0.3 is 6.18 Å². The standard InChI is InChI=1S/C18H12ClF3N2O2/c19-12-8-6-11(7-9-12)15-10-14(16(26-15)18(20,21)22)17(25)24-23-13-4-2-1-3-5-13/h1-10,23H,(H,24,25). The Labute approximate surface area is 151 Å². The molecule has 0 aliphatic carbocycles. The molecule has 0 radical (unpaired) electrons. The van der Waals surface area contributed by atoms with Crippen LogP contribution in [0.15, 0.2) is 65.1 Å². The van der Waals surface area contributed by atoms with Gasteiger partial charge in [0.1, 0.15) is 5.76 Å². The number of hydrazine groups is 1. The van der Waals surface area contributed by atoms with E-state index in [0.717, 1.165) is 6.07 Å². The number of para-hydroxylation sites is 1. The smallest absolute Gasteiger partial charge is 0.450 e. The van der Waals surface area contributed by atoms with Crippen LogP contribution in [0.2, 0.25) is 5.02 Å². The summed E-state index contributed by atoms with van der Waals surface area (Å²) < 4.78 is 44.7. The molecule has 4 nitrogen and oxygen atoms in total. The number of halogens is 4. The van der Waals surface area contributed by atoms with E-state index in [2.05, 4.69) is 10.9 Å². The third kappa shape index (κ3) is 4.00. The van der Waals surface area contributed by atoms with E-state index in [4.69, 9.17) is 16.0 Å². The number of hydrogen-bond donors (Lipinski definition) is 2. The summed E-state index contributed by atoms with van der Waals surface area (Å²) in [5, 5.41) is 0.432. The molecule has 26 heavy (non-hydrogen) atoms. The number of furan rings is 1. The maximum absolute atomic E-state index is 13.2. The minimum absolute atomic E-state index is 0.0844. The largest absolute Gasteiger partial charge is 0.451 e. The number of alkyl halides is 3. The third-order valence-electron chi connectivity index (χ3n) is 3.46. The van der Waals surface area contributed by atoms with Gasteiger partial charge in [-0.25, -0.2) is 0 Å². The second-order valence-electron chi connectivity index (χ2n) is 5.30. The van der Waals surface area contributed by atoms with Gasteiger partial charge in [0.25, 0.3) is 5.91 Å². The van der Waals surface area contributed by atoms with Crippen molar-refractivity contribution in [3.05, 3.63) is 77.0 Å². The fourth-order valence-corrected chi connectivity index (χ4v) is 2.37. The molecule has 1 aromatic heterocycles. The van der Waals surface area contributed by atoms with Crippen molar-refractivity contribution >= 4 is 23.2 Å². The SMILES string of the molecule is O=C(NNc1ccccc1)c1cc(-c2ccc(Cl)cc2)oc1C(F)(F)F. The van der Waals surface area contributed by atoms with Crippen molar-refractivity contribution in [2.75, 3.05) is 5.43 Å². The number of anilines is 1. The molecule has 3 rings (SSSR count). The lowest BCUT2D eigenvalue weighted by molar-refractivity contribution is -0.153. The van der Waals surface area contributed by atoms with E-state index in [1.165, 1.54) is 24.3 Å². The molecule has 1 amide bonds. The summed E-state index contributed by atoms with van der Waals surface area (Å²) >= 11 is 5.78. The molecular weight excluding hydrogens is 369 g/mol. The van der Waals surface area contributed by atoms with Gasteiger partial charge in [-0.1, -0.05) is 29.8 Å². The zero-order chi connectivity index (χ0) is 18.7. The Morgan fingerprint density at radius 1 is 1.00 bits per heavy atom. The monoisotopic (exact) mass is 380 g/mol. The highest BCUT2D eigenvalue weighted by Crippen LogP contribution is 2.37. The molecule has 0 saturated carbocycles. The summed E-state index contributed by atoms with van der Waals surface area (Å²) in [5.41, 5.74) is 5.06. The quantitative estimate of drug-likeness (QED) is 0.598. The van der Waals surface area contributed by atoms with Crippen molar-refractivity contribution in [3.63, 3.8) is 0 Å². The van der Waals surface area contributed by atoms with E-state index in [0.29, 0.717) is 16.3 Å². The summed E-state index contributed by atoms with van der Waals surface area (Å²) in [4.78, 5) is 12.2. The molecule has 2 aromatic carbocycles. The molecule has 1 heterocycles. The Kier molecular flexibility index (Phi) is 4.90. The minimum atomic E-state index is -4.82. The van der Waals surface area contributed by atoms with E-state index in [1.807, 2.05) is 0 Å². The number of amides is 1. The molecular formula is C18H12ClF3N2O2. The summed E-state index contributed by atoms with van der Waals surface area (Å²) in [5.74, 6) is -2.42. The zero-order valence-electron chi connectivity index (χ0n) is 13.1. The topological polar surface area (TPSA) is 54.3 Å². The van der Waals surface area contributed by atoms with Gasteiger partial charge in [-0.2, -0.15) is 13.2 Å². The summed E-state index contributed by atoms with van der Waals surface area (Å²) in [6.07, 6.45) is -4.82. The molecule has 0 bridgehead atoms. The molecule has 0 saturated heterocycles.